The Balaban J connectivity index is 1.47. The summed E-state index contributed by atoms with van der Waals surface area (Å²) in [7, 11) is 1.59. The molecule has 158 valence electrons. The van der Waals surface area contributed by atoms with Crippen LogP contribution in [0.1, 0.15) is 29.6 Å². The molecular formula is C23H27N3O4. The van der Waals surface area contributed by atoms with Crippen molar-refractivity contribution in [3.8, 4) is 11.5 Å². The fourth-order valence-electron chi connectivity index (χ4n) is 3.90. The summed E-state index contributed by atoms with van der Waals surface area (Å²) in [6.45, 7) is 3.68. The van der Waals surface area contributed by atoms with Crippen LogP contribution in [-0.2, 0) is 4.79 Å². The normalized spacial score (nSPS) is 16.6. The third-order valence-electron chi connectivity index (χ3n) is 5.60. The Labute approximate surface area is 176 Å². The summed E-state index contributed by atoms with van der Waals surface area (Å²) in [6.07, 6.45) is 3.72. The molecular weight excluding hydrogens is 382 g/mol. The van der Waals surface area contributed by atoms with Gasteiger partial charge in [0, 0.05) is 24.3 Å². The third kappa shape index (κ3) is 4.57. The van der Waals surface area contributed by atoms with Crippen molar-refractivity contribution in [3.05, 3.63) is 48.0 Å². The quantitative estimate of drug-likeness (QED) is 0.794. The first kappa shape index (κ1) is 20.2. The zero-order chi connectivity index (χ0) is 20.9. The number of carbonyl (C=O) groups is 2. The minimum atomic E-state index is -0.222. The number of ether oxygens (including phenoxy) is 2. The zero-order valence-electron chi connectivity index (χ0n) is 17.2. The van der Waals surface area contributed by atoms with Gasteiger partial charge in [-0.25, -0.2) is 0 Å². The van der Waals surface area contributed by atoms with Crippen molar-refractivity contribution in [3.63, 3.8) is 0 Å². The van der Waals surface area contributed by atoms with Crippen molar-refractivity contribution >= 4 is 23.2 Å². The van der Waals surface area contributed by atoms with E-state index in [1.165, 1.54) is 19.3 Å². The minimum Gasteiger partial charge on any atom is -0.497 e. The number of methoxy groups -OCH3 is 1. The van der Waals surface area contributed by atoms with Gasteiger partial charge in [-0.1, -0.05) is 6.42 Å². The number of fused-ring (bicyclic) bond motifs is 1. The lowest BCUT2D eigenvalue weighted by Gasteiger charge is -2.33. The van der Waals surface area contributed by atoms with Crippen LogP contribution in [-0.4, -0.2) is 56.6 Å². The predicted molar refractivity (Wildman–Crippen MR) is 116 cm³/mol. The molecule has 2 aliphatic rings. The van der Waals surface area contributed by atoms with Crippen LogP contribution in [0.3, 0.4) is 0 Å². The van der Waals surface area contributed by atoms with Gasteiger partial charge in [0.1, 0.15) is 11.5 Å². The van der Waals surface area contributed by atoms with E-state index >= 15 is 0 Å². The number of hydrogen-bond donors (Lipinski definition) is 1. The lowest BCUT2D eigenvalue weighted by atomic mass is 10.1. The van der Waals surface area contributed by atoms with Crippen molar-refractivity contribution in [1.29, 1.82) is 0 Å². The lowest BCUT2D eigenvalue weighted by molar-refractivity contribution is -0.121. The number of nitrogens with one attached hydrogen (secondary N) is 1. The van der Waals surface area contributed by atoms with Crippen molar-refractivity contribution in [2.24, 2.45) is 0 Å². The molecule has 1 fully saturated rings. The maximum atomic E-state index is 12.6. The SMILES string of the molecule is COc1ccc(C(=O)Nc2ccc3c(c2)N(CCN2CCCCC2)C(=O)CO3)cc1. The molecule has 2 aromatic rings. The highest BCUT2D eigenvalue weighted by atomic mass is 16.5. The Bertz CT molecular complexity index is 907. The molecule has 2 amide bonds. The Morgan fingerprint density at radius 1 is 1.07 bits per heavy atom. The van der Waals surface area contributed by atoms with Gasteiger partial charge in [0.05, 0.1) is 12.8 Å². The summed E-state index contributed by atoms with van der Waals surface area (Å²) in [5.74, 6) is 1.08. The number of rotatable bonds is 6. The molecule has 1 saturated heterocycles. The maximum Gasteiger partial charge on any atom is 0.265 e. The summed E-state index contributed by atoms with van der Waals surface area (Å²) in [5, 5.41) is 2.90. The summed E-state index contributed by atoms with van der Waals surface area (Å²) in [6, 6.07) is 12.3. The molecule has 7 heteroatoms. The molecule has 0 spiro atoms. The van der Waals surface area contributed by atoms with E-state index in [1.807, 2.05) is 6.07 Å². The third-order valence-corrected chi connectivity index (χ3v) is 5.60. The second-order valence-corrected chi connectivity index (χ2v) is 7.60. The van der Waals surface area contributed by atoms with Crippen molar-refractivity contribution < 1.29 is 19.1 Å². The number of carbonyl (C=O) groups excluding carboxylic acids is 2. The number of benzene rings is 2. The minimum absolute atomic E-state index is 0.0462. The molecule has 0 bridgehead atoms. The van der Waals surface area contributed by atoms with E-state index in [0.717, 1.165) is 19.6 Å². The Morgan fingerprint density at radius 2 is 1.83 bits per heavy atom. The monoisotopic (exact) mass is 409 g/mol. The topological polar surface area (TPSA) is 71.1 Å². The largest absolute Gasteiger partial charge is 0.497 e. The van der Waals surface area contributed by atoms with E-state index in [1.54, 1.807) is 48.4 Å². The van der Waals surface area contributed by atoms with Crippen LogP contribution in [0.4, 0.5) is 11.4 Å². The second-order valence-electron chi connectivity index (χ2n) is 7.60. The molecule has 1 N–H and O–H groups in total. The molecule has 0 radical (unpaired) electrons. The van der Waals surface area contributed by atoms with Crippen LogP contribution in [0.15, 0.2) is 42.5 Å². The van der Waals surface area contributed by atoms with E-state index in [-0.39, 0.29) is 18.4 Å². The van der Waals surface area contributed by atoms with Crippen LogP contribution in [0.5, 0.6) is 11.5 Å². The highest BCUT2D eigenvalue weighted by Crippen LogP contribution is 2.34. The molecule has 2 heterocycles. The van der Waals surface area contributed by atoms with E-state index in [2.05, 4.69) is 10.2 Å². The van der Waals surface area contributed by atoms with Crippen molar-refractivity contribution in [2.45, 2.75) is 19.3 Å². The van der Waals surface area contributed by atoms with E-state index in [0.29, 0.717) is 35.0 Å². The molecule has 0 saturated carbocycles. The first-order valence-electron chi connectivity index (χ1n) is 10.4. The fourth-order valence-corrected chi connectivity index (χ4v) is 3.90. The molecule has 2 aromatic carbocycles. The molecule has 4 rings (SSSR count). The maximum absolute atomic E-state index is 12.6. The highest BCUT2D eigenvalue weighted by Gasteiger charge is 2.26. The number of amides is 2. The van der Waals surface area contributed by atoms with Gasteiger partial charge in [-0.05, 0) is 68.4 Å². The smallest absolute Gasteiger partial charge is 0.265 e. The molecule has 0 aromatic heterocycles. The van der Waals surface area contributed by atoms with Gasteiger partial charge in [0.25, 0.3) is 11.8 Å². The number of hydrogen-bond acceptors (Lipinski definition) is 5. The van der Waals surface area contributed by atoms with Crippen LogP contribution < -0.4 is 19.7 Å². The van der Waals surface area contributed by atoms with Crippen LogP contribution in [0.25, 0.3) is 0 Å². The van der Waals surface area contributed by atoms with E-state index in [9.17, 15) is 9.59 Å². The molecule has 0 aliphatic carbocycles. The second kappa shape index (κ2) is 9.17. The highest BCUT2D eigenvalue weighted by molar-refractivity contribution is 6.05. The summed E-state index contributed by atoms with van der Waals surface area (Å²) >= 11 is 0. The van der Waals surface area contributed by atoms with Gasteiger partial charge < -0.3 is 24.6 Å². The van der Waals surface area contributed by atoms with E-state index < -0.39 is 0 Å². The Morgan fingerprint density at radius 3 is 2.57 bits per heavy atom. The molecule has 7 nitrogen and oxygen atoms in total. The fraction of sp³-hybridized carbons (Fsp3) is 0.391. The van der Waals surface area contributed by atoms with Gasteiger partial charge in [-0.3, -0.25) is 9.59 Å². The van der Waals surface area contributed by atoms with Crippen LogP contribution in [0, 0.1) is 0 Å². The first-order valence-corrected chi connectivity index (χ1v) is 10.4. The number of nitrogens with zero attached hydrogens (tertiary/aromatic N) is 2. The van der Waals surface area contributed by atoms with E-state index in [4.69, 9.17) is 9.47 Å². The Hall–Kier alpha value is -3.06. The molecule has 30 heavy (non-hydrogen) atoms. The molecule has 2 aliphatic heterocycles. The van der Waals surface area contributed by atoms with Gasteiger partial charge in [-0.2, -0.15) is 0 Å². The first-order chi connectivity index (χ1) is 14.6. The van der Waals surface area contributed by atoms with Crippen LogP contribution >= 0.6 is 0 Å². The Kier molecular flexibility index (Phi) is 6.18. The van der Waals surface area contributed by atoms with Gasteiger partial charge >= 0.3 is 0 Å². The molecule has 0 atom stereocenters. The average Bonchev–Trinajstić information content (AvgIpc) is 2.79. The summed E-state index contributed by atoms with van der Waals surface area (Å²) in [4.78, 5) is 29.3. The van der Waals surface area contributed by atoms with Gasteiger partial charge in [0.2, 0.25) is 0 Å². The summed E-state index contributed by atoms with van der Waals surface area (Å²) < 4.78 is 10.7. The van der Waals surface area contributed by atoms with Crippen molar-refractivity contribution in [2.75, 3.05) is 50.1 Å². The summed E-state index contributed by atoms with van der Waals surface area (Å²) in [5.41, 5.74) is 1.86. The molecule has 0 unspecified atom stereocenters. The predicted octanol–water partition coefficient (Wildman–Crippen LogP) is 3.16. The van der Waals surface area contributed by atoms with Crippen LogP contribution in [0.2, 0.25) is 0 Å². The number of anilines is 2. The average molecular weight is 409 g/mol. The van der Waals surface area contributed by atoms with Gasteiger partial charge in [0.15, 0.2) is 6.61 Å². The van der Waals surface area contributed by atoms with Crippen molar-refractivity contribution in [1.82, 2.24) is 4.90 Å². The number of likely N-dealkylation sites (tertiary alicyclic amines) is 1. The van der Waals surface area contributed by atoms with Gasteiger partial charge in [-0.15, -0.1) is 0 Å². The number of piperidine rings is 1. The standard InChI is InChI=1S/C23H27N3O4/c1-29-19-8-5-17(6-9-19)23(28)24-18-7-10-21-20(15-18)26(22(27)16-30-21)14-13-25-11-3-2-4-12-25/h5-10,15H,2-4,11-14,16H2,1H3,(H,24,28). The lowest BCUT2D eigenvalue weighted by Crippen LogP contribution is -2.44. The zero-order valence-corrected chi connectivity index (χ0v) is 17.2.